The molecule has 4 heteroatoms. The minimum atomic E-state index is -0.754. The number of fused-ring (bicyclic) bond motifs is 1. The Bertz CT molecular complexity index is 508. The average Bonchev–Trinajstić information content (AvgIpc) is 2.84. The highest BCUT2D eigenvalue weighted by Crippen LogP contribution is 2.23. The maximum absolute atomic E-state index is 12.0. The van der Waals surface area contributed by atoms with Gasteiger partial charge in [-0.15, -0.1) is 0 Å². The average molecular weight is 261 g/mol. The van der Waals surface area contributed by atoms with E-state index in [1.807, 2.05) is 12.1 Å². The van der Waals surface area contributed by atoms with Crippen LogP contribution in [-0.2, 0) is 22.4 Å². The van der Waals surface area contributed by atoms with Gasteiger partial charge in [-0.1, -0.05) is 6.07 Å². The second-order valence-corrected chi connectivity index (χ2v) is 5.12. The van der Waals surface area contributed by atoms with Crippen molar-refractivity contribution in [2.75, 3.05) is 14.1 Å². The highest BCUT2D eigenvalue weighted by Gasteiger charge is 2.21. The van der Waals surface area contributed by atoms with Gasteiger partial charge >= 0.3 is 5.97 Å². The molecule has 0 unspecified atom stereocenters. The number of hydrogen-bond acceptors (Lipinski definition) is 3. The molecule has 0 aromatic heterocycles. The lowest BCUT2D eigenvalue weighted by Crippen LogP contribution is -2.34. The summed E-state index contributed by atoms with van der Waals surface area (Å²) in [4.78, 5) is 25.1. The van der Waals surface area contributed by atoms with Gasteiger partial charge in [0.05, 0.1) is 5.56 Å². The molecule has 102 valence electrons. The molecular formula is C15H19NO3. The van der Waals surface area contributed by atoms with Crippen molar-refractivity contribution in [1.82, 2.24) is 4.90 Å². The maximum Gasteiger partial charge on any atom is 0.338 e. The summed E-state index contributed by atoms with van der Waals surface area (Å²) in [5, 5.41) is 0. The Morgan fingerprint density at radius 2 is 1.89 bits per heavy atom. The van der Waals surface area contributed by atoms with Crippen LogP contribution in [0.2, 0.25) is 0 Å². The number of esters is 1. The van der Waals surface area contributed by atoms with Crippen molar-refractivity contribution in [3.05, 3.63) is 34.9 Å². The molecular weight excluding hydrogens is 242 g/mol. The summed E-state index contributed by atoms with van der Waals surface area (Å²) in [6, 6.07) is 5.65. The first-order valence-corrected chi connectivity index (χ1v) is 6.53. The van der Waals surface area contributed by atoms with Crippen LogP contribution in [-0.4, -0.2) is 37.0 Å². The number of nitrogens with zero attached hydrogens (tertiary/aromatic N) is 1. The van der Waals surface area contributed by atoms with Crippen LogP contribution in [0.4, 0.5) is 0 Å². The Labute approximate surface area is 113 Å². The predicted molar refractivity (Wildman–Crippen MR) is 72.0 cm³/mol. The quantitative estimate of drug-likeness (QED) is 0.780. The van der Waals surface area contributed by atoms with Gasteiger partial charge in [-0.25, -0.2) is 4.79 Å². The zero-order valence-corrected chi connectivity index (χ0v) is 11.6. The molecule has 0 spiro atoms. The number of carbonyl (C=O) groups excluding carboxylic acids is 2. The summed E-state index contributed by atoms with van der Waals surface area (Å²) >= 11 is 0. The summed E-state index contributed by atoms with van der Waals surface area (Å²) < 4.78 is 5.19. The second kappa shape index (κ2) is 5.43. The van der Waals surface area contributed by atoms with Crippen LogP contribution in [0.15, 0.2) is 18.2 Å². The van der Waals surface area contributed by atoms with Crippen molar-refractivity contribution in [3.8, 4) is 0 Å². The molecule has 0 heterocycles. The first-order chi connectivity index (χ1) is 8.99. The zero-order valence-electron chi connectivity index (χ0n) is 11.6. The van der Waals surface area contributed by atoms with Crippen LogP contribution in [0, 0.1) is 0 Å². The van der Waals surface area contributed by atoms with Gasteiger partial charge in [0, 0.05) is 14.1 Å². The molecule has 1 aromatic carbocycles. The molecule has 1 aromatic rings. The van der Waals surface area contributed by atoms with Gasteiger partial charge in [-0.3, -0.25) is 4.79 Å². The Hall–Kier alpha value is -1.84. The minimum Gasteiger partial charge on any atom is -0.449 e. The Balaban J connectivity index is 2.06. The van der Waals surface area contributed by atoms with E-state index in [0.29, 0.717) is 5.56 Å². The smallest absolute Gasteiger partial charge is 0.338 e. The van der Waals surface area contributed by atoms with E-state index in [1.165, 1.54) is 16.0 Å². The molecule has 1 aliphatic carbocycles. The van der Waals surface area contributed by atoms with E-state index in [0.717, 1.165) is 19.3 Å². The third-order valence-electron chi connectivity index (χ3n) is 3.41. The molecule has 0 aliphatic heterocycles. The van der Waals surface area contributed by atoms with Gasteiger partial charge < -0.3 is 9.64 Å². The predicted octanol–water partition coefficient (Wildman–Crippen LogP) is 1.81. The van der Waals surface area contributed by atoms with Gasteiger partial charge in [0.15, 0.2) is 6.10 Å². The van der Waals surface area contributed by atoms with E-state index in [2.05, 4.69) is 0 Å². The summed E-state index contributed by atoms with van der Waals surface area (Å²) in [5.41, 5.74) is 3.06. The van der Waals surface area contributed by atoms with Crippen LogP contribution in [0.1, 0.15) is 34.8 Å². The number of aryl methyl sites for hydroxylation is 2. The fraction of sp³-hybridized carbons (Fsp3) is 0.467. The largest absolute Gasteiger partial charge is 0.449 e. The topological polar surface area (TPSA) is 46.6 Å². The molecule has 0 bridgehead atoms. The van der Waals surface area contributed by atoms with Crippen molar-refractivity contribution in [3.63, 3.8) is 0 Å². The van der Waals surface area contributed by atoms with Crippen molar-refractivity contribution >= 4 is 11.9 Å². The van der Waals surface area contributed by atoms with Crippen LogP contribution in [0.3, 0.4) is 0 Å². The maximum atomic E-state index is 12.0. The standard InChI is InChI=1S/C15H19NO3/c1-10(14(17)16(2)3)19-15(18)13-8-7-11-5-4-6-12(11)9-13/h7-10H,4-6H2,1-3H3/t10-/m0/s1. The molecule has 0 saturated heterocycles. The number of likely N-dealkylation sites (N-methyl/N-ethyl adjacent to an activating group) is 1. The molecule has 1 atom stereocenters. The van der Waals surface area contributed by atoms with Gasteiger partial charge in [0.2, 0.25) is 0 Å². The van der Waals surface area contributed by atoms with Crippen LogP contribution in [0.25, 0.3) is 0 Å². The lowest BCUT2D eigenvalue weighted by molar-refractivity contribution is -0.137. The first kappa shape index (κ1) is 13.6. The molecule has 1 amide bonds. The second-order valence-electron chi connectivity index (χ2n) is 5.12. The van der Waals surface area contributed by atoms with Gasteiger partial charge in [-0.05, 0) is 49.4 Å². The van der Waals surface area contributed by atoms with Crippen LogP contribution >= 0.6 is 0 Å². The summed E-state index contributed by atoms with van der Waals surface area (Å²) in [6.45, 7) is 1.59. The molecule has 0 fully saturated rings. The molecule has 2 rings (SSSR count). The van der Waals surface area contributed by atoms with E-state index in [9.17, 15) is 9.59 Å². The Morgan fingerprint density at radius 1 is 1.21 bits per heavy atom. The highest BCUT2D eigenvalue weighted by atomic mass is 16.5. The summed E-state index contributed by atoms with van der Waals surface area (Å²) in [6.07, 6.45) is 2.49. The third-order valence-corrected chi connectivity index (χ3v) is 3.41. The van der Waals surface area contributed by atoms with Crippen molar-refractivity contribution in [2.45, 2.75) is 32.3 Å². The molecule has 0 N–H and O–H groups in total. The number of rotatable bonds is 3. The van der Waals surface area contributed by atoms with Crippen molar-refractivity contribution in [1.29, 1.82) is 0 Å². The van der Waals surface area contributed by atoms with E-state index in [1.54, 1.807) is 27.1 Å². The van der Waals surface area contributed by atoms with E-state index in [4.69, 9.17) is 4.74 Å². The van der Waals surface area contributed by atoms with Crippen LogP contribution < -0.4 is 0 Å². The Morgan fingerprint density at radius 3 is 2.58 bits per heavy atom. The number of ether oxygens (including phenoxy) is 1. The first-order valence-electron chi connectivity index (χ1n) is 6.53. The number of hydrogen-bond donors (Lipinski definition) is 0. The number of carbonyl (C=O) groups is 2. The Kier molecular flexibility index (Phi) is 3.88. The molecule has 4 nitrogen and oxygen atoms in total. The lowest BCUT2D eigenvalue weighted by atomic mass is 10.1. The molecule has 1 aliphatic rings. The van der Waals surface area contributed by atoms with Crippen molar-refractivity contribution in [2.24, 2.45) is 0 Å². The number of amides is 1. The van der Waals surface area contributed by atoms with Crippen molar-refractivity contribution < 1.29 is 14.3 Å². The highest BCUT2D eigenvalue weighted by molar-refractivity contribution is 5.92. The minimum absolute atomic E-state index is 0.213. The third kappa shape index (κ3) is 2.95. The summed E-state index contributed by atoms with van der Waals surface area (Å²) in [7, 11) is 3.28. The summed E-state index contributed by atoms with van der Waals surface area (Å²) in [5.74, 6) is -0.646. The fourth-order valence-corrected chi connectivity index (χ4v) is 2.34. The molecule has 19 heavy (non-hydrogen) atoms. The van der Waals surface area contributed by atoms with Gasteiger partial charge in [0.1, 0.15) is 0 Å². The lowest BCUT2D eigenvalue weighted by Gasteiger charge is -2.17. The van der Waals surface area contributed by atoms with E-state index >= 15 is 0 Å². The normalized spacial score (nSPS) is 14.7. The van der Waals surface area contributed by atoms with E-state index in [-0.39, 0.29) is 5.91 Å². The van der Waals surface area contributed by atoms with Gasteiger partial charge in [0.25, 0.3) is 5.91 Å². The monoisotopic (exact) mass is 261 g/mol. The zero-order chi connectivity index (χ0) is 14.0. The van der Waals surface area contributed by atoms with E-state index < -0.39 is 12.1 Å². The van der Waals surface area contributed by atoms with Gasteiger partial charge in [-0.2, -0.15) is 0 Å². The SMILES string of the molecule is C[C@H](OC(=O)c1ccc2c(c1)CCC2)C(=O)N(C)C. The molecule has 0 saturated carbocycles. The number of benzene rings is 1. The van der Waals surface area contributed by atoms with Crippen LogP contribution in [0.5, 0.6) is 0 Å². The fourth-order valence-electron chi connectivity index (χ4n) is 2.34. The molecule has 0 radical (unpaired) electrons.